The number of rotatable bonds is 9. The van der Waals surface area contributed by atoms with Crippen molar-refractivity contribution >= 4 is 44.6 Å². The van der Waals surface area contributed by atoms with E-state index in [1.807, 2.05) is 89.5 Å². The van der Waals surface area contributed by atoms with Crippen LogP contribution in [0.2, 0.25) is 0 Å². The van der Waals surface area contributed by atoms with Crippen LogP contribution >= 0.6 is 0 Å². The van der Waals surface area contributed by atoms with Gasteiger partial charge in [-0.05, 0) is 104 Å². The first-order valence-electron chi connectivity index (χ1n) is 27.2. The van der Waals surface area contributed by atoms with Gasteiger partial charge in [-0.2, -0.15) is 12.1 Å². The van der Waals surface area contributed by atoms with Crippen molar-refractivity contribution in [3.8, 4) is 61.8 Å². The van der Waals surface area contributed by atoms with Gasteiger partial charge in [0.1, 0.15) is 5.82 Å². The standard InChI is InChI=1S/C65H49N4O.Pt/c1-44-34-64(66-42-59(44)48-24-15-8-16-25-48)69-60-32-28-49(45-18-9-5-10-19-45)37-58(60)57-31-30-56(41-62(57)69)70-55-27-17-26-53(40-55)67-43-68(63-38-50(29-33-61(63)67)46-20-11-6-12-21-46)54-36-51(47-22-13-7-14-23-47)35-52(39-54)65(2,3)4;/h5-39,42-43H,1-4H3;/q-3;/i1D3,8D,15D,16D,24D,25D;. The smallest absolute Gasteiger partial charge is 0.135 e. The fraction of sp³-hybridized carbons (Fsp3) is 0.0769. The molecule has 0 spiro atoms. The number of hydrogen-bond donors (Lipinski definition) is 0. The van der Waals surface area contributed by atoms with Crippen LogP contribution in [0.25, 0.3) is 72.1 Å². The molecule has 0 aliphatic carbocycles. The third-order valence-corrected chi connectivity index (χ3v) is 12.9. The number of ether oxygens (including phenoxy) is 1. The van der Waals surface area contributed by atoms with Gasteiger partial charge < -0.3 is 19.1 Å². The summed E-state index contributed by atoms with van der Waals surface area (Å²) in [7, 11) is 0. The van der Waals surface area contributed by atoms with E-state index >= 15 is 0 Å². The van der Waals surface area contributed by atoms with Crippen molar-refractivity contribution in [2.24, 2.45) is 0 Å². The maximum atomic E-state index is 8.71. The normalized spacial score (nSPS) is 14.1. The van der Waals surface area contributed by atoms with Crippen LogP contribution in [-0.2, 0) is 26.5 Å². The molecule has 348 valence electrons. The van der Waals surface area contributed by atoms with Crippen LogP contribution < -0.4 is 14.5 Å². The zero-order valence-corrected chi connectivity index (χ0v) is 41.3. The number of pyridine rings is 1. The third kappa shape index (κ3) is 8.72. The first kappa shape index (κ1) is 36.9. The average Bonchev–Trinajstić information content (AvgIpc) is 4.13. The van der Waals surface area contributed by atoms with Gasteiger partial charge in [0, 0.05) is 71.0 Å². The molecular formula is C65H49N4OPt-3. The molecule has 5 nitrogen and oxygen atoms in total. The summed E-state index contributed by atoms with van der Waals surface area (Å²) in [5.74, 6) is 1.01. The first-order valence-corrected chi connectivity index (χ1v) is 23.2. The minimum absolute atomic E-state index is 0. The summed E-state index contributed by atoms with van der Waals surface area (Å²) in [6.45, 7) is 6.04. The number of aryl methyl sites for hydroxylation is 1. The summed E-state index contributed by atoms with van der Waals surface area (Å²) >= 11 is 0. The van der Waals surface area contributed by atoms with Crippen molar-refractivity contribution in [3.63, 3.8) is 0 Å². The molecule has 9 aromatic carbocycles. The molecule has 3 heterocycles. The van der Waals surface area contributed by atoms with Gasteiger partial charge in [0.05, 0.1) is 6.85 Å². The summed E-state index contributed by atoms with van der Waals surface area (Å²) in [4.78, 5) is 9.16. The second-order valence-corrected chi connectivity index (χ2v) is 18.4. The number of nitrogens with zero attached hydrogens (tertiary/aromatic N) is 4. The van der Waals surface area contributed by atoms with Gasteiger partial charge in [-0.15, -0.1) is 48.1 Å². The fourth-order valence-electron chi connectivity index (χ4n) is 9.29. The van der Waals surface area contributed by atoms with Crippen LogP contribution in [0.3, 0.4) is 0 Å². The second-order valence-electron chi connectivity index (χ2n) is 18.4. The van der Waals surface area contributed by atoms with Gasteiger partial charge in [0.15, 0.2) is 0 Å². The van der Waals surface area contributed by atoms with Crippen molar-refractivity contribution in [3.05, 3.63) is 248 Å². The predicted octanol–water partition coefficient (Wildman–Crippen LogP) is 17.3. The summed E-state index contributed by atoms with van der Waals surface area (Å²) in [5, 5.41) is 1.64. The maximum absolute atomic E-state index is 8.71. The molecule has 0 bridgehead atoms. The number of anilines is 4. The van der Waals surface area contributed by atoms with Crippen molar-refractivity contribution < 1.29 is 36.8 Å². The summed E-state index contributed by atoms with van der Waals surface area (Å²) in [5.41, 5.74) is 11.9. The Bertz CT molecular complexity index is 4120. The van der Waals surface area contributed by atoms with E-state index in [1.165, 1.54) is 17.8 Å². The zero-order valence-electron chi connectivity index (χ0n) is 47.0. The number of hydrogen-bond acceptors (Lipinski definition) is 4. The van der Waals surface area contributed by atoms with Crippen molar-refractivity contribution in [2.45, 2.75) is 33.0 Å². The number of fused-ring (bicyclic) bond motifs is 4. The molecule has 0 saturated carbocycles. The number of benzene rings is 9. The van der Waals surface area contributed by atoms with Gasteiger partial charge in [0.25, 0.3) is 0 Å². The zero-order chi connectivity index (χ0) is 54.2. The van der Waals surface area contributed by atoms with Crippen molar-refractivity contribution in [1.29, 1.82) is 0 Å². The Kier molecular flexibility index (Phi) is 9.74. The summed E-state index contributed by atoms with van der Waals surface area (Å²) in [6, 6.07) is 65.5. The van der Waals surface area contributed by atoms with Crippen molar-refractivity contribution in [2.75, 3.05) is 9.80 Å². The van der Waals surface area contributed by atoms with E-state index in [1.54, 1.807) is 0 Å². The van der Waals surface area contributed by atoms with E-state index in [-0.39, 0.29) is 49.0 Å². The minimum Gasteiger partial charge on any atom is -0.509 e. The molecule has 6 heteroatoms. The van der Waals surface area contributed by atoms with Crippen LogP contribution in [-0.4, -0.2) is 9.55 Å². The molecule has 11 aromatic rings. The average molecular weight is 1110 g/mol. The Morgan fingerprint density at radius 3 is 1.94 bits per heavy atom. The van der Waals surface area contributed by atoms with Crippen LogP contribution in [0.4, 0.5) is 22.7 Å². The molecule has 0 fully saturated rings. The van der Waals surface area contributed by atoms with Gasteiger partial charge in [-0.3, -0.25) is 0 Å². The maximum Gasteiger partial charge on any atom is 0.135 e. The Morgan fingerprint density at radius 1 is 0.563 bits per heavy atom. The SMILES string of the molecule is [2H]c1c([2H])c([2H])c(-c2cnc(-n3c4[c-]c(Oc5[c-]c(N6[CH-]N(c7cc(-c8ccccc8)cc(C(C)(C)C)c7)c7cc(-c8ccccc8)ccc76)ccc5)ccc4c4cc(-c5ccccc5)ccc43)cc2C([2H])([2H])[2H])c([2H])c1[2H].[Pt]. The summed E-state index contributed by atoms with van der Waals surface area (Å²) < 4.78 is 76.8. The molecule has 71 heavy (non-hydrogen) atoms. The van der Waals surface area contributed by atoms with Crippen molar-refractivity contribution in [1.82, 2.24) is 9.55 Å². The van der Waals surface area contributed by atoms with Crippen LogP contribution in [0.15, 0.2) is 218 Å². The van der Waals surface area contributed by atoms with E-state index in [4.69, 9.17) is 20.7 Å². The monoisotopic (exact) mass is 1100 g/mol. The number of aromatic nitrogens is 2. The second kappa shape index (κ2) is 18.7. The quantitative estimate of drug-likeness (QED) is 0.135. The van der Waals surface area contributed by atoms with Gasteiger partial charge >= 0.3 is 0 Å². The summed E-state index contributed by atoms with van der Waals surface area (Å²) in [6.07, 6.45) is 1.28. The molecule has 1 aliphatic rings. The molecule has 1 aliphatic heterocycles. The van der Waals surface area contributed by atoms with Gasteiger partial charge in [-0.25, -0.2) is 4.98 Å². The van der Waals surface area contributed by atoms with Crippen LogP contribution in [0.5, 0.6) is 11.5 Å². The minimum atomic E-state index is -2.77. The van der Waals surface area contributed by atoms with Crippen LogP contribution in [0.1, 0.15) is 42.9 Å². The van der Waals surface area contributed by atoms with Gasteiger partial charge in [0.2, 0.25) is 0 Å². The Hall–Kier alpha value is -7.98. The van der Waals surface area contributed by atoms with E-state index < -0.39 is 37.1 Å². The molecule has 2 aromatic heterocycles. The Balaban J connectivity index is 0.00000660. The van der Waals surface area contributed by atoms with E-state index in [0.29, 0.717) is 22.5 Å². The van der Waals surface area contributed by atoms with E-state index in [9.17, 15) is 0 Å². The predicted molar refractivity (Wildman–Crippen MR) is 289 cm³/mol. The Morgan fingerprint density at radius 2 is 1.24 bits per heavy atom. The molecular weight excluding hydrogens is 1050 g/mol. The molecule has 12 rings (SSSR count). The third-order valence-electron chi connectivity index (χ3n) is 12.9. The molecule has 0 N–H and O–H groups in total. The van der Waals surface area contributed by atoms with Gasteiger partial charge in [-0.1, -0.05) is 172 Å². The molecule has 0 atom stereocenters. The molecule has 0 amide bonds. The topological polar surface area (TPSA) is 33.5 Å². The Labute approximate surface area is 441 Å². The van der Waals surface area contributed by atoms with Crippen LogP contribution in [0, 0.1) is 25.7 Å². The van der Waals surface area contributed by atoms with E-state index in [2.05, 4.69) is 140 Å². The fourth-order valence-corrected chi connectivity index (χ4v) is 9.29. The molecule has 0 unspecified atom stereocenters. The first-order chi connectivity index (χ1) is 37.5. The largest absolute Gasteiger partial charge is 0.509 e. The van der Waals surface area contributed by atoms with E-state index in [0.717, 1.165) is 66.9 Å². The molecule has 0 saturated heterocycles. The molecule has 0 radical (unpaired) electrons.